The fourth-order valence-corrected chi connectivity index (χ4v) is 8.04. The molecule has 0 spiro atoms. The van der Waals surface area contributed by atoms with Crippen LogP contribution in [0, 0.1) is 11.8 Å². The molecule has 2 fully saturated rings. The highest BCUT2D eigenvalue weighted by atomic mass is 31.0. The van der Waals surface area contributed by atoms with Crippen molar-refractivity contribution in [2.75, 3.05) is 20.2 Å². The summed E-state index contributed by atoms with van der Waals surface area (Å²) in [6, 6.07) is 2.49. The molecule has 280 valence electrons. The zero-order valence-electron chi connectivity index (χ0n) is 30.7. The number of hydrogen-bond donors (Lipinski definition) is 4. The quantitative estimate of drug-likeness (QED) is 0.215. The van der Waals surface area contributed by atoms with Gasteiger partial charge in [-0.1, -0.05) is 33.8 Å². The molecule has 1 unspecified atom stereocenters. The fraction of sp³-hybridized carbons (Fsp3) is 0.514. The van der Waals surface area contributed by atoms with E-state index in [0.29, 0.717) is 31.8 Å². The topological polar surface area (TPSA) is 190 Å². The second-order valence-corrected chi connectivity index (χ2v) is 15.4. The van der Waals surface area contributed by atoms with Gasteiger partial charge in [0.15, 0.2) is 0 Å². The lowest BCUT2D eigenvalue weighted by Gasteiger charge is -2.30. The van der Waals surface area contributed by atoms with Crippen molar-refractivity contribution in [3.05, 3.63) is 58.7 Å². The molecule has 15 nitrogen and oxygen atoms in total. The van der Waals surface area contributed by atoms with E-state index < -0.39 is 18.2 Å². The molecule has 53 heavy (non-hydrogen) atoms. The number of H-pyrrole nitrogens is 2. The Labute approximate surface area is 310 Å². The zero-order chi connectivity index (χ0) is 37.6. The highest BCUT2D eigenvalue weighted by Gasteiger charge is 2.39. The predicted octanol–water partition coefficient (Wildman–Crippen LogP) is 4.80. The van der Waals surface area contributed by atoms with Crippen LogP contribution in [0.4, 0.5) is 21.0 Å². The summed E-state index contributed by atoms with van der Waals surface area (Å²) >= 11 is 0. The van der Waals surface area contributed by atoms with Crippen LogP contribution in [0.5, 0.6) is 0 Å². The van der Waals surface area contributed by atoms with E-state index in [9.17, 15) is 19.2 Å². The van der Waals surface area contributed by atoms with Crippen LogP contribution in [0.15, 0.2) is 34.5 Å². The third-order valence-electron chi connectivity index (χ3n) is 10.6. The van der Waals surface area contributed by atoms with E-state index in [-0.39, 0.29) is 41.4 Å². The van der Waals surface area contributed by atoms with Crippen LogP contribution in [0.2, 0.25) is 0 Å². The number of rotatable bonds is 10. The first-order valence-corrected chi connectivity index (χ1v) is 18.9. The minimum atomic E-state index is -0.695. The minimum absolute atomic E-state index is 0.0484. The number of fused-ring (bicyclic) bond motifs is 2. The third-order valence-corrected chi connectivity index (χ3v) is 10.8. The van der Waals surface area contributed by atoms with Crippen molar-refractivity contribution in [1.29, 1.82) is 0 Å². The lowest BCUT2D eigenvalue weighted by molar-refractivity contribution is -0.136. The number of aromatic amines is 2. The molecule has 7 rings (SSSR count). The first-order chi connectivity index (χ1) is 25.4. The van der Waals surface area contributed by atoms with Crippen molar-refractivity contribution in [1.82, 2.24) is 40.4 Å². The van der Waals surface area contributed by atoms with E-state index in [2.05, 4.69) is 45.9 Å². The predicted molar refractivity (Wildman–Crippen MR) is 202 cm³/mol. The molecule has 6 heterocycles. The second-order valence-electron chi connectivity index (χ2n) is 14.9. The Bertz CT molecular complexity index is 2000. The standard InChI is InChI=1S/C37H47N10O5P/c1-18(2)30(44-36(50)52-5)34(48)46-10-6-8-28(46)32-38-16-26(42-32)24-13-20-12-21-14-25(41-23(21)15-22(20)40-24)27-17-39-33(43-27)29-9-7-11-47(29)35(49)31(19(3)4)45-37(51)53/h12,15-19,28-31H,6-11,13-14,53H2,1-5H3,(H,38,42)(H,39,43)(H,44,50)(H,45,51)/t28-,29-,30-,31-/m0/s1. The largest absolute Gasteiger partial charge is 0.453 e. The lowest BCUT2D eigenvalue weighted by atomic mass is 10.0. The Hall–Kier alpha value is -4.91. The number of amides is 4. The van der Waals surface area contributed by atoms with Crippen molar-refractivity contribution < 1.29 is 23.9 Å². The molecule has 3 aromatic rings. The summed E-state index contributed by atoms with van der Waals surface area (Å²) in [6.45, 7) is 8.85. The van der Waals surface area contributed by atoms with E-state index in [1.807, 2.05) is 38.7 Å². The molecule has 2 saturated heterocycles. The van der Waals surface area contributed by atoms with E-state index >= 15 is 0 Å². The van der Waals surface area contributed by atoms with Gasteiger partial charge in [-0.2, -0.15) is 0 Å². The van der Waals surface area contributed by atoms with Gasteiger partial charge in [-0.05, 0) is 64.0 Å². The van der Waals surface area contributed by atoms with Gasteiger partial charge < -0.3 is 35.1 Å². The molecule has 1 aromatic carbocycles. The van der Waals surface area contributed by atoms with E-state index in [1.165, 1.54) is 7.11 Å². The number of carbonyl (C=O) groups is 4. The van der Waals surface area contributed by atoms with E-state index in [0.717, 1.165) is 76.8 Å². The summed E-state index contributed by atoms with van der Waals surface area (Å²) < 4.78 is 4.76. The summed E-state index contributed by atoms with van der Waals surface area (Å²) in [5.41, 5.74) is 7.06. The smallest absolute Gasteiger partial charge is 0.407 e. The number of ether oxygens (including phenoxy) is 1. The number of imidazole rings is 2. The number of hydrogen-bond acceptors (Lipinski definition) is 9. The van der Waals surface area contributed by atoms with Gasteiger partial charge in [0.05, 0.1) is 65.8 Å². The zero-order valence-corrected chi connectivity index (χ0v) is 31.9. The van der Waals surface area contributed by atoms with E-state index in [4.69, 9.17) is 14.7 Å². The average molecular weight is 743 g/mol. The molecule has 16 heteroatoms. The SMILES string of the molecule is COC(=O)N[C@H](C(=O)N1CCC[C@H]1c1ncc(C2=Nc3cc4c(cc3C2)CC(c2cnc([C@@H]3CCCN3C(=O)[C@@H](NC(=O)P)C(C)C)[nH]2)=N4)[nH]1)C(C)C. The molecule has 0 radical (unpaired) electrons. The van der Waals surface area contributed by atoms with Crippen LogP contribution in [-0.4, -0.2) is 97.0 Å². The van der Waals surface area contributed by atoms with Crippen LogP contribution < -0.4 is 10.6 Å². The normalized spacial score (nSPS) is 20.3. The van der Waals surface area contributed by atoms with Crippen molar-refractivity contribution in [3.63, 3.8) is 0 Å². The number of aliphatic imine (C=N–C) groups is 2. The monoisotopic (exact) mass is 742 g/mol. The molecule has 0 saturated carbocycles. The molecular weight excluding hydrogens is 695 g/mol. The van der Waals surface area contributed by atoms with Gasteiger partial charge in [0.25, 0.3) is 0 Å². The second kappa shape index (κ2) is 14.8. The number of nitrogens with zero attached hydrogens (tertiary/aromatic N) is 6. The van der Waals surface area contributed by atoms with Crippen molar-refractivity contribution in [3.8, 4) is 0 Å². The van der Waals surface area contributed by atoms with E-state index in [1.54, 1.807) is 17.3 Å². The molecule has 4 N–H and O–H groups in total. The number of methoxy groups -OCH3 is 1. The van der Waals surface area contributed by atoms with Gasteiger partial charge in [0, 0.05) is 25.9 Å². The Morgan fingerprint density at radius 2 is 1.25 bits per heavy atom. The average Bonchev–Trinajstić information content (AvgIpc) is 3.96. The first kappa shape index (κ1) is 36.4. The lowest BCUT2D eigenvalue weighted by Crippen LogP contribution is -2.51. The molecule has 2 aromatic heterocycles. The highest BCUT2D eigenvalue weighted by Crippen LogP contribution is 2.40. The Morgan fingerprint density at radius 1 is 0.774 bits per heavy atom. The number of benzene rings is 1. The Kier molecular flexibility index (Phi) is 10.2. The maximum absolute atomic E-state index is 13.6. The number of aromatic nitrogens is 4. The molecule has 4 aliphatic rings. The summed E-state index contributed by atoms with van der Waals surface area (Å²) in [7, 11) is 3.38. The highest BCUT2D eigenvalue weighted by molar-refractivity contribution is 7.39. The number of carbonyl (C=O) groups excluding carboxylic acids is 4. The number of likely N-dealkylation sites (tertiary alicyclic amines) is 2. The Balaban J connectivity index is 1.04. The number of nitrogens with one attached hydrogen (secondary N) is 4. The summed E-state index contributed by atoms with van der Waals surface area (Å²) in [6.07, 6.45) is 7.50. The summed E-state index contributed by atoms with van der Waals surface area (Å²) in [5.74, 6) is 1.03. The molecule has 0 bridgehead atoms. The van der Waals surface area contributed by atoms with Gasteiger partial charge in [0.1, 0.15) is 23.7 Å². The maximum atomic E-state index is 13.6. The van der Waals surface area contributed by atoms with Crippen LogP contribution in [0.3, 0.4) is 0 Å². The van der Waals surface area contributed by atoms with Gasteiger partial charge in [0.2, 0.25) is 17.5 Å². The first-order valence-electron chi connectivity index (χ1n) is 18.3. The summed E-state index contributed by atoms with van der Waals surface area (Å²) in [5, 5.41) is 5.49. The van der Waals surface area contributed by atoms with Crippen LogP contribution in [-0.2, 0) is 27.2 Å². The van der Waals surface area contributed by atoms with Crippen LogP contribution >= 0.6 is 9.24 Å². The van der Waals surface area contributed by atoms with Crippen LogP contribution in [0.25, 0.3) is 0 Å². The minimum Gasteiger partial charge on any atom is -0.453 e. The molecular formula is C37H47N10O5P. The molecule has 4 amide bonds. The van der Waals surface area contributed by atoms with Gasteiger partial charge in [-0.15, -0.1) is 0 Å². The maximum Gasteiger partial charge on any atom is 0.407 e. The van der Waals surface area contributed by atoms with Crippen LogP contribution in [0.1, 0.15) is 99.6 Å². The van der Waals surface area contributed by atoms with Crippen molar-refractivity contribution >= 4 is 55.6 Å². The number of alkyl carbamates (subject to hydrolysis) is 1. The fourth-order valence-electron chi connectivity index (χ4n) is 7.86. The third kappa shape index (κ3) is 7.23. The molecule has 0 aliphatic carbocycles. The van der Waals surface area contributed by atoms with Crippen molar-refractivity contribution in [2.24, 2.45) is 21.8 Å². The molecule has 4 aliphatic heterocycles. The summed E-state index contributed by atoms with van der Waals surface area (Å²) in [4.78, 5) is 80.6. The van der Waals surface area contributed by atoms with Crippen molar-refractivity contribution in [2.45, 2.75) is 90.4 Å². The van der Waals surface area contributed by atoms with Gasteiger partial charge in [-0.25, -0.2) is 14.8 Å². The van der Waals surface area contributed by atoms with Gasteiger partial charge >= 0.3 is 6.09 Å². The molecule has 5 atom stereocenters. The Morgan fingerprint density at radius 3 is 1.68 bits per heavy atom. The van der Waals surface area contributed by atoms with Gasteiger partial charge in [-0.3, -0.25) is 24.4 Å².